The van der Waals surface area contributed by atoms with Crippen molar-refractivity contribution in [2.24, 2.45) is 0 Å². The van der Waals surface area contributed by atoms with Gasteiger partial charge >= 0.3 is 0 Å². The molecule has 0 spiro atoms. The summed E-state index contributed by atoms with van der Waals surface area (Å²) in [6, 6.07) is 161. The summed E-state index contributed by atoms with van der Waals surface area (Å²) in [7, 11) is 0. The molecular weight excluding hydrogens is 1360 g/mol. The van der Waals surface area contributed by atoms with Gasteiger partial charge in [0.05, 0.1) is 11.4 Å². The third-order valence-electron chi connectivity index (χ3n) is 22.4. The number of hydrogen-bond acceptors (Lipinski definition) is 8. The molecule has 0 radical (unpaired) electrons. The first-order chi connectivity index (χ1) is 55.6. The van der Waals surface area contributed by atoms with E-state index in [-0.39, 0.29) is 13.4 Å². The van der Waals surface area contributed by atoms with Crippen molar-refractivity contribution in [3.05, 3.63) is 437 Å². The zero-order chi connectivity index (χ0) is 74.0. The van der Waals surface area contributed by atoms with Gasteiger partial charge in [0.25, 0.3) is 13.4 Å². The zero-order valence-electron chi connectivity index (χ0n) is 61.3. The Morgan fingerprint density at radius 3 is 0.554 bits per heavy atom. The Balaban J connectivity index is 0.897. The fraction of sp³-hybridized carbons (Fsp3) is 0. The number of fused-ring (bicyclic) bond motifs is 8. The summed E-state index contributed by atoms with van der Waals surface area (Å²) in [5.74, 6) is 0. The van der Waals surface area contributed by atoms with Gasteiger partial charge in [0.15, 0.2) is 0 Å². The lowest BCUT2D eigenvalue weighted by Gasteiger charge is -2.48. The van der Waals surface area contributed by atoms with Crippen LogP contribution in [0.3, 0.4) is 0 Å². The molecule has 112 heavy (non-hydrogen) atoms. The molecule has 0 unspecified atom stereocenters. The standard InChI is InChI=1S/C102H72B2N8/c1-13-37-73(38-14-1)105(74-39-15-2-16-40-74)85-61-63-89-93(65-85)109(81-53-29-9-30-54-81)97-67-87(107(77-45-21-5-22-46-77)78-47-23-6-24-48-78)69-99-101(97)103(89)91-71-92-96(72-95(91)111(99)83-57-33-11-34-58-83)112(84-59-35-12-36-60-84)100-70-88(108(79-49-25-7-26-50-79)80-51-27-8-28-52-80)68-98-102(100)104(92)90-64-62-86(66-94(90)110(98)82-55-31-10-32-56-82)106(75-41-17-3-18-42-75)76-43-19-4-20-44-76/h1-72H. The second kappa shape index (κ2) is 27.8. The summed E-state index contributed by atoms with van der Waals surface area (Å²) in [5.41, 5.74) is 32.7. The molecule has 0 saturated carbocycles. The normalized spacial score (nSPS) is 12.5. The number of hydrogen-bond donors (Lipinski definition) is 0. The fourth-order valence-corrected chi connectivity index (χ4v) is 17.8. The lowest BCUT2D eigenvalue weighted by molar-refractivity contribution is 1.21. The number of rotatable bonds is 16. The van der Waals surface area contributed by atoms with E-state index in [2.05, 4.69) is 476 Å². The van der Waals surface area contributed by atoms with Crippen molar-refractivity contribution in [3.8, 4) is 0 Å². The van der Waals surface area contributed by atoms with Crippen LogP contribution in [0.5, 0.6) is 0 Å². The maximum absolute atomic E-state index is 2.65. The summed E-state index contributed by atoms with van der Waals surface area (Å²) in [6.07, 6.45) is 0. The molecule has 0 fully saturated rings. The van der Waals surface area contributed by atoms with Gasteiger partial charge in [-0.2, -0.15) is 0 Å². The zero-order valence-corrected chi connectivity index (χ0v) is 61.3. The SMILES string of the molecule is c1ccc(N(c2ccccc2)c2ccc3c(c2)N(c2ccccc2)c2cc(N(c4ccccc4)c4ccccc4)cc4c2B3c2cc3c(cc2N4c2ccccc2)N(c2ccccc2)c2cc(N(c4ccccc4)c4ccccc4)cc4c2B3c2ccc(N(c3ccccc3)c3ccccc3)cc2N4c2ccccc2)cc1. The van der Waals surface area contributed by atoms with Crippen LogP contribution in [-0.4, -0.2) is 13.4 Å². The second-order valence-electron chi connectivity index (χ2n) is 28.8. The van der Waals surface area contributed by atoms with Crippen molar-refractivity contribution in [3.63, 3.8) is 0 Å². The highest BCUT2D eigenvalue weighted by Crippen LogP contribution is 2.54. The molecule has 10 heteroatoms. The van der Waals surface area contributed by atoms with Crippen molar-refractivity contribution in [1.82, 2.24) is 0 Å². The van der Waals surface area contributed by atoms with Crippen LogP contribution in [0.15, 0.2) is 437 Å². The lowest BCUT2D eigenvalue weighted by Crippen LogP contribution is -2.65. The third-order valence-corrected chi connectivity index (χ3v) is 22.4. The van der Waals surface area contributed by atoms with Crippen molar-refractivity contribution in [2.75, 3.05) is 39.2 Å². The summed E-state index contributed by atoms with van der Waals surface area (Å²) in [6.45, 7) is -0.607. The van der Waals surface area contributed by atoms with E-state index in [0.717, 1.165) is 136 Å². The van der Waals surface area contributed by atoms with E-state index in [9.17, 15) is 0 Å². The van der Waals surface area contributed by atoms with Crippen LogP contribution >= 0.6 is 0 Å². The van der Waals surface area contributed by atoms with E-state index < -0.39 is 0 Å². The van der Waals surface area contributed by atoms with Crippen molar-refractivity contribution in [2.45, 2.75) is 0 Å². The Hall–Kier alpha value is -14.7. The Morgan fingerprint density at radius 2 is 0.330 bits per heavy atom. The molecule has 526 valence electrons. The molecule has 0 N–H and O–H groups in total. The number of anilines is 24. The van der Waals surface area contributed by atoms with Gasteiger partial charge in [-0.05, 0) is 233 Å². The molecule has 0 amide bonds. The predicted octanol–water partition coefficient (Wildman–Crippen LogP) is 23.7. The predicted molar refractivity (Wildman–Crippen MR) is 473 cm³/mol. The Morgan fingerprint density at radius 1 is 0.143 bits per heavy atom. The first-order valence-corrected chi connectivity index (χ1v) is 38.5. The molecular formula is C102H72B2N8. The van der Waals surface area contributed by atoms with Crippen LogP contribution in [0.2, 0.25) is 0 Å². The quantitative estimate of drug-likeness (QED) is 0.0883. The van der Waals surface area contributed by atoms with Gasteiger partial charge in [-0.1, -0.05) is 237 Å². The summed E-state index contributed by atoms with van der Waals surface area (Å²) in [5, 5.41) is 0. The van der Waals surface area contributed by atoms with Gasteiger partial charge in [0.1, 0.15) is 0 Å². The molecule has 8 nitrogen and oxygen atoms in total. The van der Waals surface area contributed by atoms with Gasteiger partial charge in [0.2, 0.25) is 0 Å². The minimum Gasteiger partial charge on any atom is -0.311 e. The molecule has 4 aliphatic heterocycles. The van der Waals surface area contributed by atoms with Gasteiger partial charge in [-0.25, -0.2) is 0 Å². The summed E-state index contributed by atoms with van der Waals surface area (Å²) >= 11 is 0. The topological polar surface area (TPSA) is 25.9 Å². The van der Waals surface area contributed by atoms with Crippen LogP contribution < -0.4 is 72.0 Å². The Bertz CT molecular complexity index is 5750. The smallest absolute Gasteiger partial charge is 0.252 e. The monoisotopic (exact) mass is 1430 g/mol. The molecule has 17 aromatic rings. The van der Waals surface area contributed by atoms with Crippen LogP contribution in [0, 0.1) is 0 Å². The molecule has 4 aliphatic rings. The maximum atomic E-state index is 2.65. The van der Waals surface area contributed by atoms with Crippen molar-refractivity contribution < 1.29 is 0 Å². The van der Waals surface area contributed by atoms with Crippen molar-refractivity contribution >= 4 is 183 Å². The van der Waals surface area contributed by atoms with E-state index in [1.807, 2.05) is 0 Å². The summed E-state index contributed by atoms with van der Waals surface area (Å²) < 4.78 is 0. The first kappa shape index (κ1) is 65.6. The largest absolute Gasteiger partial charge is 0.311 e. The van der Waals surface area contributed by atoms with E-state index in [1.165, 1.54) is 32.8 Å². The molecule has 4 heterocycles. The third kappa shape index (κ3) is 11.2. The molecule has 21 rings (SSSR count). The van der Waals surface area contributed by atoms with Gasteiger partial charge in [-0.3, -0.25) is 0 Å². The second-order valence-corrected chi connectivity index (χ2v) is 28.8. The molecule has 0 saturated heterocycles. The highest BCUT2D eigenvalue weighted by atomic mass is 15.2. The Kier molecular flexibility index (Phi) is 16.3. The van der Waals surface area contributed by atoms with E-state index in [0.29, 0.717) is 0 Å². The number of nitrogens with zero attached hydrogens (tertiary/aromatic N) is 8. The highest BCUT2D eigenvalue weighted by Gasteiger charge is 2.49. The molecule has 0 bridgehead atoms. The highest BCUT2D eigenvalue weighted by molar-refractivity contribution is 7.03. The average molecular weight is 1430 g/mol. The lowest BCUT2D eigenvalue weighted by atomic mass is 9.30. The minimum atomic E-state index is -0.303. The molecule has 0 aliphatic carbocycles. The summed E-state index contributed by atoms with van der Waals surface area (Å²) in [4.78, 5) is 19.9. The van der Waals surface area contributed by atoms with E-state index in [4.69, 9.17) is 0 Å². The van der Waals surface area contributed by atoms with Gasteiger partial charge < -0.3 is 39.2 Å². The van der Waals surface area contributed by atoms with Crippen LogP contribution in [-0.2, 0) is 0 Å². The first-order valence-electron chi connectivity index (χ1n) is 38.5. The van der Waals surface area contributed by atoms with Crippen molar-refractivity contribution in [1.29, 1.82) is 0 Å². The molecule has 0 atom stereocenters. The molecule has 0 aromatic heterocycles. The number of benzene rings is 17. The van der Waals surface area contributed by atoms with Crippen LogP contribution in [0.25, 0.3) is 0 Å². The number of para-hydroxylation sites is 12. The van der Waals surface area contributed by atoms with Crippen LogP contribution in [0.4, 0.5) is 136 Å². The van der Waals surface area contributed by atoms with E-state index >= 15 is 0 Å². The van der Waals surface area contributed by atoms with Gasteiger partial charge in [0, 0.05) is 125 Å². The van der Waals surface area contributed by atoms with Crippen LogP contribution in [0.1, 0.15) is 0 Å². The average Bonchev–Trinajstić information content (AvgIpc) is 0.681. The maximum Gasteiger partial charge on any atom is 0.252 e. The fourth-order valence-electron chi connectivity index (χ4n) is 17.8. The Labute approximate surface area is 654 Å². The van der Waals surface area contributed by atoms with Gasteiger partial charge in [-0.15, -0.1) is 0 Å². The minimum absolute atomic E-state index is 0.303. The molecule has 17 aromatic carbocycles. The van der Waals surface area contributed by atoms with E-state index in [1.54, 1.807) is 0 Å².